The zero-order valence-electron chi connectivity index (χ0n) is 13.3. The van der Waals surface area contributed by atoms with Crippen molar-refractivity contribution in [1.82, 2.24) is 10.2 Å². The maximum absolute atomic E-state index is 12.4. The highest BCUT2D eigenvalue weighted by Gasteiger charge is 2.41. The minimum Gasteiger partial charge on any atom is -0.481 e. The average Bonchev–Trinajstić information content (AvgIpc) is 2.73. The molecule has 6 nitrogen and oxygen atoms in total. The number of nitrogens with zero attached hydrogens (tertiary/aromatic N) is 1. The molecule has 1 saturated heterocycles. The van der Waals surface area contributed by atoms with Gasteiger partial charge in [0.1, 0.15) is 0 Å². The molecule has 0 aromatic carbocycles. The Balaban J connectivity index is 1.93. The summed E-state index contributed by atoms with van der Waals surface area (Å²) in [5, 5.41) is 12.0. The van der Waals surface area contributed by atoms with Crippen LogP contribution in [-0.2, 0) is 9.53 Å². The van der Waals surface area contributed by atoms with Crippen molar-refractivity contribution in [3.05, 3.63) is 0 Å². The lowest BCUT2D eigenvalue weighted by atomic mass is 9.99. The Morgan fingerprint density at radius 2 is 1.71 bits per heavy atom. The van der Waals surface area contributed by atoms with Gasteiger partial charge in [0.2, 0.25) is 0 Å². The number of carboxylic acid groups (broad SMARTS) is 1. The quantitative estimate of drug-likeness (QED) is 0.815. The number of aliphatic carboxylic acids is 1. The molecule has 0 bridgehead atoms. The molecular formula is C15H26N2O4. The Labute approximate surface area is 125 Å². The van der Waals surface area contributed by atoms with Gasteiger partial charge in [-0.05, 0) is 47.0 Å². The lowest BCUT2D eigenvalue weighted by Gasteiger charge is -2.47. The minimum atomic E-state index is -0.764. The number of amides is 2. The van der Waals surface area contributed by atoms with Crippen LogP contribution in [-0.4, -0.2) is 52.3 Å². The van der Waals surface area contributed by atoms with Gasteiger partial charge in [-0.3, -0.25) is 4.79 Å². The highest BCUT2D eigenvalue weighted by atomic mass is 16.5. The van der Waals surface area contributed by atoms with E-state index in [1.807, 2.05) is 27.7 Å². The van der Waals surface area contributed by atoms with Crippen LogP contribution in [0.5, 0.6) is 0 Å². The van der Waals surface area contributed by atoms with E-state index >= 15 is 0 Å². The number of ether oxygens (including phenoxy) is 1. The van der Waals surface area contributed by atoms with Crippen molar-refractivity contribution in [2.75, 3.05) is 13.1 Å². The van der Waals surface area contributed by atoms with Crippen LogP contribution in [0.15, 0.2) is 0 Å². The fraction of sp³-hybridized carbons (Fsp3) is 0.867. The van der Waals surface area contributed by atoms with E-state index in [4.69, 9.17) is 9.84 Å². The first-order valence-corrected chi connectivity index (χ1v) is 7.56. The number of carboxylic acids is 1. The lowest BCUT2D eigenvalue weighted by molar-refractivity contribution is -0.170. The first-order chi connectivity index (χ1) is 9.58. The summed E-state index contributed by atoms with van der Waals surface area (Å²) in [6.45, 7) is 8.98. The summed E-state index contributed by atoms with van der Waals surface area (Å²) >= 11 is 0. The van der Waals surface area contributed by atoms with Crippen molar-refractivity contribution >= 4 is 12.0 Å². The molecule has 1 saturated carbocycles. The average molecular weight is 298 g/mol. The van der Waals surface area contributed by atoms with Crippen LogP contribution in [0, 0.1) is 5.92 Å². The molecule has 0 aromatic heterocycles. The molecule has 1 heterocycles. The van der Waals surface area contributed by atoms with Crippen LogP contribution < -0.4 is 5.32 Å². The lowest BCUT2D eigenvalue weighted by Crippen LogP contribution is -2.61. The fourth-order valence-electron chi connectivity index (χ4n) is 3.53. The molecule has 2 fully saturated rings. The van der Waals surface area contributed by atoms with Gasteiger partial charge in [-0.25, -0.2) is 4.79 Å². The third kappa shape index (κ3) is 4.09. The van der Waals surface area contributed by atoms with Crippen molar-refractivity contribution in [2.45, 2.75) is 64.2 Å². The summed E-state index contributed by atoms with van der Waals surface area (Å²) in [6.07, 6.45) is 1.90. The number of carbonyl (C=O) groups is 2. The standard InChI is InChI=1S/C15H26N2O4/c1-14(2)8-17(9-15(3,4)21-14)13(20)16-11-6-5-10(7-11)12(18)19/h10-11H,5-9H2,1-4H3,(H,16,20)(H,18,19). The molecule has 21 heavy (non-hydrogen) atoms. The molecule has 2 unspecified atom stereocenters. The van der Waals surface area contributed by atoms with E-state index in [0.717, 1.165) is 6.42 Å². The molecule has 0 radical (unpaired) electrons. The topological polar surface area (TPSA) is 78.9 Å². The number of hydrogen-bond acceptors (Lipinski definition) is 3. The van der Waals surface area contributed by atoms with Crippen LogP contribution >= 0.6 is 0 Å². The smallest absolute Gasteiger partial charge is 0.317 e. The molecule has 0 aromatic rings. The Morgan fingerprint density at radius 1 is 1.14 bits per heavy atom. The predicted octanol–water partition coefficient (Wildman–Crippen LogP) is 1.84. The van der Waals surface area contributed by atoms with E-state index in [1.54, 1.807) is 4.90 Å². The second kappa shape index (κ2) is 5.48. The third-order valence-corrected chi connectivity index (χ3v) is 4.09. The largest absolute Gasteiger partial charge is 0.481 e. The summed E-state index contributed by atoms with van der Waals surface area (Å²) in [5.41, 5.74) is -0.753. The summed E-state index contributed by atoms with van der Waals surface area (Å²) in [7, 11) is 0. The van der Waals surface area contributed by atoms with Crippen LogP contribution in [0.3, 0.4) is 0 Å². The fourth-order valence-corrected chi connectivity index (χ4v) is 3.53. The van der Waals surface area contributed by atoms with E-state index in [0.29, 0.717) is 25.9 Å². The van der Waals surface area contributed by atoms with E-state index in [2.05, 4.69) is 5.32 Å². The van der Waals surface area contributed by atoms with E-state index in [-0.39, 0.29) is 29.2 Å². The van der Waals surface area contributed by atoms with Crippen molar-refractivity contribution in [3.8, 4) is 0 Å². The van der Waals surface area contributed by atoms with Gasteiger partial charge in [-0.2, -0.15) is 0 Å². The molecule has 2 aliphatic rings. The highest BCUT2D eigenvalue weighted by molar-refractivity contribution is 5.75. The van der Waals surface area contributed by atoms with Gasteiger partial charge < -0.3 is 20.1 Å². The van der Waals surface area contributed by atoms with E-state index < -0.39 is 5.97 Å². The molecule has 6 heteroatoms. The summed E-state index contributed by atoms with van der Waals surface area (Å²) < 4.78 is 5.96. The Hall–Kier alpha value is -1.30. The molecular weight excluding hydrogens is 272 g/mol. The number of nitrogens with one attached hydrogen (secondary N) is 1. The van der Waals surface area contributed by atoms with Gasteiger partial charge in [-0.15, -0.1) is 0 Å². The van der Waals surface area contributed by atoms with Gasteiger partial charge >= 0.3 is 12.0 Å². The predicted molar refractivity (Wildman–Crippen MR) is 78.1 cm³/mol. The monoisotopic (exact) mass is 298 g/mol. The maximum atomic E-state index is 12.4. The first kappa shape index (κ1) is 16.1. The summed E-state index contributed by atoms with van der Waals surface area (Å²) in [4.78, 5) is 25.2. The third-order valence-electron chi connectivity index (χ3n) is 4.09. The van der Waals surface area contributed by atoms with Crippen molar-refractivity contribution in [3.63, 3.8) is 0 Å². The number of carbonyl (C=O) groups excluding carboxylic acids is 1. The van der Waals surface area contributed by atoms with Gasteiger partial charge in [0.25, 0.3) is 0 Å². The number of rotatable bonds is 2. The normalized spacial score (nSPS) is 31.0. The molecule has 1 aliphatic heterocycles. The van der Waals surface area contributed by atoms with Crippen LogP contribution in [0.2, 0.25) is 0 Å². The van der Waals surface area contributed by atoms with Crippen LogP contribution in [0.4, 0.5) is 4.79 Å². The van der Waals surface area contributed by atoms with Gasteiger partial charge in [0.15, 0.2) is 0 Å². The molecule has 2 amide bonds. The SMILES string of the molecule is CC1(C)CN(C(=O)NC2CCC(C(=O)O)C2)CC(C)(C)O1. The minimum absolute atomic E-state index is 0.0346. The van der Waals surface area contributed by atoms with Gasteiger partial charge in [0.05, 0.1) is 30.2 Å². The Kier molecular flexibility index (Phi) is 4.19. The van der Waals surface area contributed by atoms with Crippen molar-refractivity contribution < 1.29 is 19.4 Å². The number of morpholine rings is 1. The molecule has 1 aliphatic carbocycles. The molecule has 2 N–H and O–H groups in total. The number of urea groups is 1. The van der Waals surface area contributed by atoms with Gasteiger partial charge in [0, 0.05) is 6.04 Å². The second-order valence-corrected chi connectivity index (χ2v) is 7.47. The van der Waals surface area contributed by atoms with E-state index in [9.17, 15) is 9.59 Å². The molecule has 120 valence electrons. The number of hydrogen-bond donors (Lipinski definition) is 2. The first-order valence-electron chi connectivity index (χ1n) is 7.56. The molecule has 0 spiro atoms. The maximum Gasteiger partial charge on any atom is 0.317 e. The van der Waals surface area contributed by atoms with Crippen LogP contribution in [0.25, 0.3) is 0 Å². The van der Waals surface area contributed by atoms with Crippen molar-refractivity contribution in [2.24, 2.45) is 5.92 Å². The molecule has 2 atom stereocenters. The second-order valence-electron chi connectivity index (χ2n) is 7.47. The van der Waals surface area contributed by atoms with Crippen LogP contribution in [0.1, 0.15) is 47.0 Å². The van der Waals surface area contributed by atoms with Crippen molar-refractivity contribution in [1.29, 1.82) is 0 Å². The summed E-state index contributed by atoms with van der Waals surface area (Å²) in [6, 6.07) is -0.150. The van der Waals surface area contributed by atoms with Gasteiger partial charge in [-0.1, -0.05) is 0 Å². The zero-order valence-corrected chi connectivity index (χ0v) is 13.3. The molecule has 2 rings (SSSR count). The Morgan fingerprint density at radius 3 is 2.19 bits per heavy atom. The highest BCUT2D eigenvalue weighted by Crippen LogP contribution is 2.29. The summed E-state index contributed by atoms with van der Waals surface area (Å²) in [5.74, 6) is -1.09. The zero-order chi connectivity index (χ0) is 15.8. The Bertz CT molecular complexity index is 417. The van der Waals surface area contributed by atoms with E-state index in [1.165, 1.54) is 0 Å².